The van der Waals surface area contributed by atoms with Crippen LogP contribution in [0.3, 0.4) is 0 Å². The van der Waals surface area contributed by atoms with Gasteiger partial charge in [-0.3, -0.25) is 0 Å². The largest absolute Gasteiger partial charge is 0.314 e. The van der Waals surface area contributed by atoms with Crippen LogP contribution in [0.15, 0.2) is 71.9 Å². The molecular formula is C21H15Cl2FN2S. The van der Waals surface area contributed by atoms with E-state index in [1.807, 2.05) is 36.4 Å². The van der Waals surface area contributed by atoms with E-state index in [9.17, 15) is 4.39 Å². The zero-order valence-electron chi connectivity index (χ0n) is 14.2. The van der Waals surface area contributed by atoms with Crippen molar-refractivity contribution in [1.29, 1.82) is 0 Å². The number of hydrogen-bond acceptors (Lipinski definition) is 2. The van der Waals surface area contributed by atoms with Crippen molar-refractivity contribution in [2.45, 2.75) is 17.5 Å². The Labute approximate surface area is 170 Å². The lowest BCUT2D eigenvalue weighted by Gasteiger charge is -2.10. The van der Waals surface area contributed by atoms with Gasteiger partial charge >= 0.3 is 0 Å². The van der Waals surface area contributed by atoms with Crippen LogP contribution >= 0.6 is 35.0 Å². The molecule has 0 aliphatic heterocycles. The summed E-state index contributed by atoms with van der Waals surface area (Å²) in [6.07, 6.45) is 0. The third kappa shape index (κ3) is 3.98. The Balaban J connectivity index is 1.71. The maximum absolute atomic E-state index is 14.1. The topological polar surface area (TPSA) is 17.8 Å². The Morgan fingerprint density at radius 3 is 2.56 bits per heavy atom. The summed E-state index contributed by atoms with van der Waals surface area (Å²) in [7, 11) is 0. The van der Waals surface area contributed by atoms with Crippen molar-refractivity contribution in [3.05, 3.63) is 93.7 Å². The molecule has 0 aliphatic rings. The van der Waals surface area contributed by atoms with Crippen molar-refractivity contribution in [2.24, 2.45) is 0 Å². The number of aromatic nitrogens is 2. The summed E-state index contributed by atoms with van der Waals surface area (Å²) in [5, 5.41) is 1.87. The Morgan fingerprint density at radius 2 is 1.78 bits per heavy atom. The van der Waals surface area contributed by atoms with E-state index in [1.54, 1.807) is 12.1 Å². The highest BCUT2D eigenvalue weighted by Crippen LogP contribution is 2.31. The summed E-state index contributed by atoms with van der Waals surface area (Å²) in [6.45, 7) is 0.673. The van der Waals surface area contributed by atoms with Crippen LogP contribution < -0.4 is 0 Å². The van der Waals surface area contributed by atoms with Gasteiger partial charge < -0.3 is 4.57 Å². The van der Waals surface area contributed by atoms with Crippen LogP contribution in [0.4, 0.5) is 4.39 Å². The summed E-state index contributed by atoms with van der Waals surface area (Å²) >= 11 is 13.8. The first-order valence-electron chi connectivity index (χ1n) is 8.37. The predicted octanol–water partition coefficient (Wildman–Crippen LogP) is 6.82. The molecule has 0 radical (unpaired) electrons. The van der Waals surface area contributed by atoms with Gasteiger partial charge in [0.15, 0.2) is 5.16 Å². The van der Waals surface area contributed by atoms with Gasteiger partial charge in [0.1, 0.15) is 5.82 Å². The summed E-state index contributed by atoms with van der Waals surface area (Å²) < 4.78 is 16.2. The zero-order valence-corrected chi connectivity index (χ0v) is 16.5. The number of benzene rings is 3. The van der Waals surface area contributed by atoms with E-state index in [4.69, 9.17) is 28.2 Å². The molecule has 0 saturated carbocycles. The fourth-order valence-corrected chi connectivity index (χ4v) is 4.44. The molecule has 6 heteroatoms. The molecule has 1 heterocycles. The van der Waals surface area contributed by atoms with Crippen molar-refractivity contribution in [1.82, 2.24) is 9.55 Å². The second-order valence-electron chi connectivity index (χ2n) is 6.09. The summed E-state index contributed by atoms with van der Waals surface area (Å²) in [5.41, 5.74) is 3.46. The fourth-order valence-electron chi connectivity index (χ4n) is 2.92. The standard InChI is InChI=1S/C21H15Cl2FN2S/c22-15-9-10-20-19(11-15)25-21(26(20)12-14-5-2-1-3-6-14)27-13-16-17(23)7-4-8-18(16)24/h1-11H,12-13H2. The van der Waals surface area contributed by atoms with E-state index in [0.29, 0.717) is 27.9 Å². The van der Waals surface area contributed by atoms with Crippen molar-refractivity contribution in [2.75, 3.05) is 0 Å². The highest BCUT2D eigenvalue weighted by molar-refractivity contribution is 7.98. The average Bonchev–Trinajstić information content (AvgIpc) is 2.99. The molecule has 0 fully saturated rings. The van der Waals surface area contributed by atoms with Crippen LogP contribution in [-0.2, 0) is 12.3 Å². The molecule has 3 aromatic carbocycles. The number of rotatable bonds is 5. The lowest BCUT2D eigenvalue weighted by molar-refractivity contribution is 0.617. The van der Waals surface area contributed by atoms with Gasteiger partial charge in [0, 0.05) is 21.4 Å². The summed E-state index contributed by atoms with van der Waals surface area (Å²) in [4.78, 5) is 4.72. The van der Waals surface area contributed by atoms with Crippen LogP contribution in [0.25, 0.3) is 11.0 Å². The third-order valence-electron chi connectivity index (χ3n) is 4.27. The molecular weight excluding hydrogens is 402 g/mol. The Kier molecular flexibility index (Phi) is 5.39. The third-order valence-corrected chi connectivity index (χ3v) is 5.86. The Hall–Kier alpha value is -2.01. The molecule has 0 atom stereocenters. The molecule has 1 aromatic heterocycles. The van der Waals surface area contributed by atoms with Crippen molar-refractivity contribution in [3.63, 3.8) is 0 Å². The minimum Gasteiger partial charge on any atom is -0.314 e. The predicted molar refractivity (Wildman–Crippen MR) is 111 cm³/mol. The van der Waals surface area contributed by atoms with Crippen molar-refractivity contribution >= 4 is 46.0 Å². The van der Waals surface area contributed by atoms with E-state index < -0.39 is 0 Å². The van der Waals surface area contributed by atoms with Gasteiger partial charge in [-0.05, 0) is 35.9 Å². The number of hydrogen-bond donors (Lipinski definition) is 0. The lowest BCUT2D eigenvalue weighted by Crippen LogP contribution is -2.02. The Bertz CT molecular complexity index is 1080. The van der Waals surface area contributed by atoms with Gasteiger partial charge in [0.2, 0.25) is 0 Å². The van der Waals surface area contributed by atoms with Crippen LogP contribution in [-0.4, -0.2) is 9.55 Å². The molecule has 0 spiro atoms. The van der Waals surface area contributed by atoms with Gasteiger partial charge in [-0.1, -0.05) is 71.4 Å². The van der Waals surface area contributed by atoms with E-state index in [-0.39, 0.29) is 5.82 Å². The minimum absolute atomic E-state index is 0.302. The van der Waals surface area contributed by atoms with Gasteiger partial charge in [-0.15, -0.1) is 0 Å². The normalized spacial score (nSPS) is 11.2. The molecule has 0 unspecified atom stereocenters. The smallest absolute Gasteiger partial charge is 0.169 e. The molecule has 0 amide bonds. The quantitative estimate of drug-likeness (QED) is 0.332. The maximum Gasteiger partial charge on any atom is 0.169 e. The minimum atomic E-state index is -0.302. The molecule has 0 saturated heterocycles. The van der Waals surface area contributed by atoms with Crippen molar-refractivity contribution < 1.29 is 4.39 Å². The molecule has 27 heavy (non-hydrogen) atoms. The SMILES string of the molecule is Fc1cccc(Cl)c1CSc1nc2cc(Cl)ccc2n1Cc1ccccc1. The van der Waals surface area contributed by atoms with Crippen LogP contribution in [0, 0.1) is 5.82 Å². The number of imidazole rings is 1. The van der Waals surface area contributed by atoms with E-state index in [1.165, 1.54) is 17.8 Å². The monoisotopic (exact) mass is 416 g/mol. The first-order chi connectivity index (χ1) is 13.1. The molecule has 0 aliphatic carbocycles. The molecule has 0 N–H and O–H groups in total. The molecule has 2 nitrogen and oxygen atoms in total. The van der Waals surface area contributed by atoms with E-state index in [0.717, 1.165) is 21.8 Å². The summed E-state index contributed by atoms with van der Waals surface area (Å²) in [5.74, 6) is 0.0981. The molecule has 0 bridgehead atoms. The van der Waals surface area contributed by atoms with Crippen molar-refractivity contribution in [3.8, 4) is 0 Å². The van der Waals surface area contributed by atoms with Gasteiger partial charge in [-0.2, -0.15) is 0 Å². The highest BCUT2D eigenvalue weighted by atomic mass is 35.5. The second-order valence-corrected chi connectivity index (χ2v) is 7.87. The number of thioether (sulfide) groups is 1. The second kappa shape index (κ2) is 7.93. The molecule has 4 rings (SSSR count). The summed E-state index contributed by atoms with van der Waals surface area (Å²) in [6, 6.07) is 20.6. The number of nitrogens with zero attached hydrogens (tertiary/aromatic N) is 2. The van der Waals surface area contributed by atoms with Gasteiger partial charge in [-0.25, -0.2) is 9.37 Å². The average molecular weight is 417 g/mol. The van der Waals surface area contributed by atoms with Crippen LogP contribution in [0.5, 0.6) is 0 Å². The van der Waals surface area contributed by atoms with Crippen LogP contribution in [0.1, 0.15) is 11.1 Å². The van der Waals surface area contributed by atoms with E-state index in [2.05, 4.69) is 16.7 Å². The fraction of sp³-hybridized carbons (Fsp3) is 0.0952. The first kappa shape index (κ1) is 18.4. The van der Waals surface area contributed by atoms with Gasteiger partial charge in [0.05, 0.1) is 17.6 Å². The molecule has 4 aromatic rings. The zero-order chi connectivity index (χ0) is 18.8. The Morgan fingerprint density at radius 1 is 0.963 bits per heavy atom. The highest BCUT2D eigenvalue weighted by Gasteiger charge is 2.15. The van der Waals surface area contributed by atoms with E-state index >= 15 is 0 Å². The first-order valence-corrected chi connectivity index (χ1v) is 10.1. The van der Waals surface area contributed by atoms with Gasteiger partial charge in [0.25, 0.3) is 0 Å². The molecule has 136 valence electrons. The maximum atomic E-state index is 14.1. The lowest BCUT2D eigenvalue weighted by atomic mass is 10.2. The van der Waals surface area contributed by atoms with Crippen LogP contribution in [0.2, 0.25) is 10.0 Å². The number of halogens is 3. The number of fused-ring (bicyclic) bond motifs is 1.